The zero-order chi connectivity index (χ0) is 14.1. The van der Waals surface area contributed by atoms with E-state index < -0.39 is 12.0 Å². The first-order valence-corrected chi connectivity index (χ1v) is 6.60. The number of hydrogen-bond acceptors (Lipinski definition) is 3. The first kappa shape index (κ1) is 16.9. The molecule has 0 aromatic carbocycles. The van der Waals surface area contributed by atoms with Crippen LogP contribution in [0.15, 0.2) is 0 Å². The summed E-state index contributed by atoms with van der Waals surface area (Å²) < 4.78 is 0. The van der Waals surface area contributed by atoms with E-state index in [1.165, 1.54) is 39.4 Å². The van der Waals surface area contributed by atoms with Crippen molar-refractivity contribution in [2.24, 2.45) is 5.92 Å². The molecule has 1 saturated heterocycles. The van der Waals surface area contributed by atoms with E-state index in [-0.39, 0.29) is 11.8 Å². The van der Waals surface area contributed by atoms with Crippen LogP contribution in [0.5, 0.6) is 0 Å². The molecule has 1 aliphatic heterocycles. The minimum atomic E-state index is -0.991. The number of carbonyl (C=O) groups is 2. The summed E-state index contributed by atoms with van der Waals surface area (Å²) in [5.74, 6) is -1.39. The smallest absolute Gasteiger partial charge is 0.326 e. The first-order valence-electron chi connectivity index (χ1n) is 6.60. The summed E-state index contributed by atoms with van der Waals surface area (Å²) in [5, 5.41) is 10.9. The molecule has 1 heterocycles. The van der Waals surface area contributed by atoms with Crippen molar-refractivity contribution in [2.45, 2.75) is 46.6 Å². The summed E-state index contributed by atoms with van der Waals surface area (Å²) in [5.41, 5.74) is 0. The SMILES string of the molecule is CC(=O)NC(C(=O)O)C(C)C.CCN1CCCC1. The van der Waals surface area contributed by atoms with Crippen molar-refractivity contribution in [2.75, 3.05) is 19.6 Å². The van der Waals surface area contributed by atoms with E-state index in [4.69, 9.17) is 5.11 Å². The van der Waals surface area contributed by atoms with Gasteiger partial charge in [-0.15, -0.1) is 0 Å². The highest BCUT2D eigenvalue weighted by atomic mass is 16.4. The quantitative estimate of drug-likeness (QED) is 0.798. The summed E-state index contributed by atoms with van der Waals surface area (Å²) in [6.07, 6.45) is 2.85. The van der Waals surface area contributed by atoms with Gasteiger partial charge in [0.2, 0.25) is 5.91 Å². The van der Waals surface area contributed by atoms with Gasteiger partial charge in [0, 0.05) is 6.92 Å². The predicted molar refractivity (Wildman–Crippen MR) is 71.4 cm³/mol. The van der Waals surface area contributed by atoms with Gasteiger partial charge in [0.1, 0.15) is 6.04 Å². The van der Waals surface area contributed by atoms with Gasteiger partial charge in [-0.05, 0) is 38.4 Å². The lowest BCUT2D eigenvalue weighted by molar-refractivity contribution is -0.142. The molecule has 5 heteroatoms. The Hall–Kier alpha value is -1.10. The fourth-order valence-electron chi connectivity index (χ4n) is 1.83. The Labute approximate surface area is 110 Å². The Morgan fingerprint density at radius 2 is 1.78 bits per heavy atom. The van der Waals surface area contributed by atoms with Crippen LogP contribution in [0.25, 0.3) is 0 Å². The Morgan fingerprint density at radius 1 is 1.28 bits per heavy atom. The number of aliphatic carboxylic acids is 1. The highest BCUT2D eigenvalue weighted by molar-refractivity contribution is 5.82. The molecule has 0 aromatic rings. The lowest BCUT2D eigenvalue weighted by Gasteiger charge is -2.16. The number of amides is 1. The minimum absolute atomic E-state index is 0.0867. The molecule has 1 atom stereocenters. The molecular weight excluding hydrogens is 232 g/mol. The molecule has 1 amide bonds. The molecule has 2 N–H and O–H groups in total. The molecule has 1 rings (SSSR count). The normalized spacial score (nSPS) is 16.9. The summed E-state index contributed by atoms with van der Waals surface area (Å²) in [4.78, 5) is 23.4. The van der Waals surface area contributed by atoms with Gasteiger partial charge in [0.25, 0.3) is 0 Å². The molecule has 18 heavy (non-hydrogen) atoms. The van der Waals surface area contributed by atoms with Crippen LogP contribution < -0.4 is 5.32 Å². The lowest BCUT2D eigenvalue weighted by atomic mass is 10.1. The number of carbonyl (C=O) groups excluding carboxylic acids is 1. The molecule has 0 bridgehead atoms. The average Bonchev–Trinajstić information content (AvgIpc) is 2.78. The second kappa shape index (κ2) is 8.91. The molecule has 0 spiro atoms. The van der Waals surface area contributed by atoms with Crippen molar-refractivity contribution in [3.63, 3.8) is 0 Å². The standard InChI is InChI=1S/C7H13NO3.C6H13N/c1-4(2)6(7(10)11)8-5(3)9;1-2-7-5-3-4-6-7/h4,6H,1-3H3,(H,8,9)(H,10,11);2-6H2,1H3. The summed E-state index contributed by atoms with van der Waals surface area (Å²) in [6.45, 7) is 11.0. The van der Waals surface area contributed by atoms with Gasteiger partial charge in [-0.1, -0.05) is 20.8 Å². The Kier molecular flexibility index (Phi) is 8.37. The van der Waals surface area contributed by atoms with E-state index in [9.17, 15) is 9.59 Å². The van der Waals surface area contributed by atoms with Crippen molar-refractivity contribution in [1.29, 1.82) is 0 Å². The number of carboxylic acids is 1. The van der Waals surface area contributed by atoms with Gasteiger partial charge in [-0.3, -0.25) is 4.79 Å². The van der Waals surface area contributed by atoms with Crippen LogP contribution in [-0.2, 0) is 9.59 Å². The maximum Gasteiger partial charge on any atom is 0.326 e. The maximum atomic E-state index is 10.5. The van der Waals surface area contributed by atoms with E-state index in [0.29, 0.717) is 0 Å². The molecule has 1 fully saturated rings. The number of likely N-dealkylation sites (tertiary alicyclic amines) is 1. The van der Waals surface area contributed by atoms with Crippen LogP contribution in [0.4, 0.5) is 0 Å². The first-order chi connectivity index (χ1) is 8.38. The van der Waals surface area contributed by atoms with Gasteiger partial charge in [0.05, 0.1) is 0 Å². The second-order valence-electron chi connectivity index (χ2n) is 4.90. The molecule has 0 radical (unpaired) electrons. The van der Waals surface area contributed by atoms with Crippen LogP contribution in [0.2, 0.25) is 0 Å². The van der Waals surface area contributed by atoms with Crippen LogP contribution in [0.3, 0.4) is 0 Å². The Morgan fingerprint density at radius 3 is 1.94 bits per heavy atom. The van der Waals surface area contributed by atoms with E-state index in [0.717, 1.165) is 0 Å². The van der Waals surface area contributed by atoms with Crippen molar-refractivity contribution in [3.05, 3.63) is 0 Å². The van der Waals surface area contributed by atoms with Crippen LogP contribution in [0.1, 0.15) is 40.5 Å². The Bertz CT molecular complexity index is 261. The third kappa shape index (κ3) is 7.27. The molecule has 0 saturated carbocycles. The number of hydrogen-bond donors (Lipinski definition) is 2. The van der Waals surface area contributed by atoms with Crippen molar-refractivity contribution in [1.82, 2.24) is 10.2 Å². The molecule has 0 aliphatic carbocycles. The summed E-state index contributed by atoms with van der Waals surface area (Å²) in [6, 6.07) is -0.771. The predicted octanol–water partition coefficient (Wildman–Crippen LogP) is 1.33. The zero-order valence-corrected chi connectivity index (χ0v) is 11.9. The number of carboxylic acid groups (broad SMARTS) is 1. The molecular formula is C13H26N2O3. The third-order valence-electron chi connectivity index (χ3n) is 2.94. The lowest BCUT2D eigenvalue weighted by Crippen LogP contribution is -2.43. The van der Waals surface area contributed by atoms with E-state index >= 15 is 0 Å². The fourth-order valence-corrected chi connectivity index (χ4v) is 1.83. The zero-order valence-electron chi connectivity index (χ0n) is 11.9. The summed E-state index contributed by atoms with van der Waals surface area (Å²) >= 11 is 0. The topological polar surface area (TPSA) is 69.6 Å². The number of nitrogens with one attached hydrogen (secondary N) is 1. The van der Waals surface area contributed by atoms with Gasteiger partial charge < -0.3 is 15.3 Å². The molecule has 1 aliphatic rings. The minimum Gasteiger partial charge on any atom is -0.480 e. The van der Waals surface area contributed by atoms with E-state index in [2.05, 4.69) is 17.1 Å². The maximum absolute atomic E-state index is 10.5. The van der Waals surface area contributed by atoms with Crippen LogP contribution >= 0.6 is 0 Å². The molecule has 106 valence electrons. The average molecular weight is 258 g/mol. The molecule has 1 unspecified atom stereocenters. The van der Waals surface area contributed by atoms with Gasteiger partial charge in [0.15, 0.2) is 0 Å². The highest BCUT2D eigenvalue weighted by Gasteiger charge is 2.21. The number of rotatable bonds is 4. The van der Waals surface area contributed by atoms with Gasteiger partial charge in [-0.25, -0.2) is 4.79 Å². The van der Waals surface area contributed by atoms with Crippen molar-refractivity contribution < 1.29 is 14.7 Å². The Balaban J connectivity index is 0.000000351. The van der Waals surface area contributed by atoms with Crippen molar-refractivity contribution in [3.8, 4) is 0 Å². The van der Waals surface area contributed by atoms with Crippen LogP contribution in [-0.4, -0.2) is 47.6 Å². The highest BCUT2D eigenvalue weighted by Crippen LogP contribution is 2.04. The van der Waals surface area contributed by atoms with Gasteiger partial charge >= 0.3 is 5.97 Å². The third-order valence-corrected chi connectivity index (χ3v) is 2.94. The van der Waals surface area contributed by atoms with Gasteiger partial charge in [-0.2, -0.15) is 0 Å². The van der Waals surface area contributed by atoms with Crippen LogP contribution in [0, 0.1) is 5.92 Å². The monoisotopic (exact) mass is 258 g/mol. The second-order valence-corrected chi connectivity index (χ2v) is 4.90. The largest absolute Gasteiger partial charge is 0.480 e. The number of nitrogens with zero attached hydrogens (tertiary/aromatic N) is 1. The summed E-state index contributed by atoms with van der Waals surface area (Å²) in [7, 11) is 0. The fraction of sp³-hybridized carbons (Fsp3) is 0.846. The molecule has 5 nitrogen and oxygen atoms in total. The van der Waals surface area contributed by atoms with E-state index in [1.807, 2.05) is 0 Å². The molecule has 0 aromatic heterocycles. The van der Waals surface area contributed by atoms with Crippen molar-refractivity contribution >= 4 is 11.9 Å². The van der Waals surface area contributed by atoms with E-state index in [1.54, 1.807) is 13.8 Å².